The van der Waals surface area contributed by atoms with Gasteiger partial charge in [-0.1, -0.05) is 12.1 Å². The molecule has 0 saturated carbocycles. The molecule has 2 aromatic heterocycles. The van der Waals surface area contributed by atoms with Crippen molar-refractivity contribution >= 4 is 44.5 Å². The lowest BCUT2D eigenvalue weighted by Crippen LogP contribution is -2.45. The van der Waals surface area contributed by atoms with E-state index in [4.69, 9.17) is 29.0 Å². The molecule has 3 heterocycles. The maximum atomic E-state index is 14.0. The summed E-state index contributed by atoms with van der Waals surface area (Å²) in [5, 5.41) is 27.3. The number of aromatic nitrogens is 1. The van der Waals surface area contributed by atoms with Gasteiger partial charge in [0, 0.05) is 18.5 Å². The van der Waals surface area contributed by atoms with Crippen LogP contribution in [0.1, 0.15) is 30.7 Å². The average molecular weight is 531 g/mol. The zero-order valence-electron chi connectivity index (χ0n) is 20.0. The second-order valence-corrected chi connectivity index (χ2v) is 9.93. The van der Waals surface area contributed by atoms with E-state index >= 15 is 0 Å². The number of furan rings is 1. The Balaban J connectivity index is 0.000000480. The molecule has 1 saturated heterocycles. The molecule has 3 atom stereocenters. The largest absolute Gasteiger partial charge is 0.490 e. The Hall–Kier alpha value is -3.54. The third-order valence-corrected chi connectivity index (χ3v) is 7.45. The molecule has 1 fully saturated rings. The lowest BCUT2D eigenvalue weighted by molar-refractivity contribution is -0.159. The molecule has 1 aliphatic rings. The highest BCUT2D eigenvalue weighted by Gasteiger charge is 2.30. The summed E-state index contributed by atoms with van der Waals surface area (Å²) in [4.78, 5) is 25.1. The highest BCUT2D eigenvalue weighted by atomic mass is 32.1. The van der Waals surface area contributed by atoms with Crippen LogP contribution in [0.15, 0.2) is 53.1 Å². The number of para-hydroxylation sites is 1. The number of hydrogen-bond donors (Lipinski definition) is 3. The van der Waals surface area contributed by atoms with Crippen molar-refractivity contribution in [2.45, 2.75) is 37.8 Å². The summed E-state index contributed by atoms with van der Waals surface area (Å²) >= 11 is 1.60. The molecule has 0 aliphatic carbocycles. The number of carboxylic acid groups (broad SMARTS) is 2. The van der Waals surface area contributed by atoms with E-state index in [1.54, 1.807) is 23.7 Å². The van der Waals surface area contributed by atoms with Gasteiger partial charge >= 0.3 is 11.9 Å². The van der Waals surface area contributed by atoms with Gasteiger partial charge in [0.2, 0.25) is 0 Å². The van der Waals surface area contributed by atoms with E-state index in [1.807, 2.05) is 30.3 Å². The van der Waals surface area contributed by atoms with Crippen molar-refractivity contribution in [2.75, 3.05) is 19.7 Å². The normalized spacial score (nSPS) is 18.8. The van der Waals surface area contributed by atoms with Crippen molar-refractivity contribution < 1.29 is 38.5 Å². The van der Waals surface area contributed by atoms with Gasteiger partial charge in [0.05, 0.1) is 21.4 Å². The maximum Gasteiger partial charge on any atom is 0.414 e. The fourth-order valence-electron chi connectivity index (χ4n) is 4.42. The second-order valence-electron chi connectivity index (χ2n) is 8.87. The lowest BCUT2D eigenvalue weighted by atomic mass is 9.92. The number of benzene rings is 2. The summed E-state index contributed by atoms with van der Waals surface area (Å²) in [5.41, 5.74) is 1.26. The van der Waals surface area contributed by atoms with E-state index < -0.39 is 18.0 Å². The monoisotopic (exact) mass is 530 g/mol. The number of aliphatic hydroxyl groups excluding tert-OH is 1. The molecule has 11 heteroatoms. The highest BCUT2D eigenvalue weighted by molar-refractivity contribution is 7.18. The number of rotatable bonds is 6. The summed E-state index contributed by atoms with van der Waals surface area (Å²) in [6, 6.07) is 13.0. The number of fused-ring (bicyclic) bond motifs is 2. The molecule has 196 valence electrons. The molecule has 0 amide bonds. The van der Waals surface area contributed by atoms with E-state index in [2.05, 4.69) is 16.8 Å². The van der Waals surface area contributed by atoms with Gasteiger partial charge in [-0.05, 0) is 56.6 Å². The topological polar surface area (TPSA) is 133 Å². The quantitative estimate of drug-likeness (QED) is 0.311. The van der Waals surface area contributed by atoms with E-state index in [9.17, 15) is 9.50 Å². The molecular weight excluding hydrogens is 503 g/mol. The van der Waals surface area contributed by atoms with Crippen LogP contribution in [0.5, 0.6) is 5.75 Å². The minimum absolute atomic E-state index is 0.230. The number of halogens is 1. The average Bonchev–Trinajstić information content (AvgIpc) is 3.52. The van der Waals surface area contributed by atoms with Crippen LogP contribution in [0.4, 0.5) is 4.39 Å². The van der Waals surface area contributed by atoms with Crippen molar-refractivity contribution in [1.82, 2.24) is 9.88 Å². The number of β-amino-alcohol motifs (C(OH)–C–C–N with tert-alkyl or cyclic N) is 1. The Bertz CT molecular complexity index is 1380. The number of carbonyl (C=O) groups is 2. The number of ether oxygens (including phenoxy) is 1. The molecule has 1 aliphatic heterocycles. The van der Waals surface area contributed by atoms with Crippen LogP contribution in [0.25, 0.3) is 21.2 Å². The van der Waals surface area contributed by atoms with Gasteiger partial charge in [0.1, 0.15) is 35.4 Å². The Morgan fingerprint density at radius 3 is 2.68 bits per heavy atom. The standard InChI is InChI=1S/C24H25FN2O3S.C2H2O4/c1-15-12-16(24-26-23-19(25)4-2-7-22(23)31-24)8-10-27(15)13-17(28)14-30-21-6-3-5-20-18(21)9-11-29-20;3-1(4)2(5)6/h2-7,9,11,15-17,28H,8,10,12-14H2,1H3;(H,3,4)(H,5,6)/t15-,16-,17+;/m1./s1. The zero-order valence-corrected chi connectivity index (χ0v) is 20.9. The van der Waals surface area contributed by atoms with Gasteiger partial charge in [0.15, 0.2) is 0 Å². The first kappa shape index (κ1) is 26.5. The molecule has 0 bridgehead atoms. The molecule has 9 nitrogen and oxygen atoms in total. The Kier molecular flexibility index (Phi) is 8.37. The number of nitrogens with zero attached hydrogens (tertiary/aromatic N) is 2. The predicted octanol–water partition coefficient (Wildman–Crippen LogP) is 4.35. The molecule has 4 aromatic rings. The fraction of sp³-hybridized carbons (Fsp3) is 0.346. The molecule has 0 spiro atoms. The van der Waals surface area contributed by atoms with Gasteiger partial charge in [-0.3, -0.25) is 4.90 Å². The first-order valence-electron chi connectivity index (χ1n) is 11.7. The van der Waals surface area contributed by atoms with E-state index in [1.165, 1.54) is 6.07 Å². The minimum atomic E-state index is -1.82. The highest BCUT2D eigenvalue weighted by Crippen LogP contribution is 2.36. The van der Waals surface area contributed by atoms with Gasteiger partial charge < -0.3 is 24.5 Å². The number of thiazole rings is 1. The van der Waals surface area contributed by atoms with Crippen molar-refractivity contribution in [3.8, 4) is 5.75 Å². The number of aliphatic carboxylic acids is 2. The van der Waals surface area contributed by atoms with Gasteiger partial charge in [-0.25, -0.2) is 19.0 Å². The number of piperidine rings is 1. The molecule has 5 rings (SSSR count). The lowest BCUT2D eigenvalue weighted by Gasteiger charge is -2.38. The van der Waals surface area contributed by atoms with Crippen molar-refractivity contribution in [2.24, 2.45) is 0 Å². The van der Waals surface area contributed by atoms with Crippen molar-refractivity contribution in [1.29, 1.82) is 0 Å². The van der Waals surface area contributed by atoms with Gasteiger partial charge in [-0.2, -0.15) is 0 Å². The van der Waals surface area contributed by atoms with Crippen molar-refractivity contribution in [3.05, 3.63) is 59.6 Å². The Labute approximate surface area is 215 Å². The third-order valence-electron chi connectivity index (χ3n) is 6.26. The van der Waals surface area contributed by atoms with Crippen LogP contribution in [0, 0.1) is 5.82 Å². The van der Waals surface area contributed by atoms with E-state index in [0.29, 0.717) is 24.0 Å². The summed E-state index contributed by atoms with van der Waals surface area (Å²) in [6.07, 6.45) is 2.95. The predicted molar refractivity (Wildman–Crippen MR) is 136 cm³/mol. The van der Waals surface area contributed by atoms with Gasteiger partial charge in [0.25, 0.3) is 0 Å². The van der Waals surface area contributed by atoms with Crippen LogP contribution in [-0.4, -0.2) is 69.0 Å². The van der Waals surface area contributed by atoms with Crippen LogP contribution in [-0.2, 0) is 9.59 Å². The second kappa shape index (κ2) is 11.7. The first-order valence-corrected chi connectivity index (χ1v) is 12.6. The first-order chi connectivity index (χ1) is 17.7. The summed E-state index contributed by atoms with van der Waals surface area (Å²) in [7, 11) is 0. The van der Waals surface area contributed by atoms with Gasteiger partial charge in [-0.15, -0.1) is 11.3 Å². The molecule has 0 unspecified atom stereocenters. The van der Waals surface area contributed by atoms with Crippen LogP contribution < -0.4 is 4.74 Å². The molecule has 2 aromatic carbocycles. The molecule has 37 heavy (non-hydrogen) atoms. The summed E-state index contributed by atoms with van der Waals surface area (Å²) < 4.78 is 26.2. The summed E-state index contributed by atoms with van der Waals surface area (Å²) in [6.45, 7) is 3.84. The number of aliphatic hydroxyl groups is 1. The number of hydrogen-bond acceptors (Lipinski definition) is 8. The molecule has 3 N–H and O–H groups in total. The maximum absolute atomic E-state index is 14.0. The number of likely N-dealkylation sites (tertiary alicyclic amines) is 1. The Morgan fingerprint density at radius 1 is 1.22 bits per heavy atom. The number of carboxylic acids is 2. The van der Waals surface area contributed by atoms with Crippen LogP contribution >= 0.6 is 11.3 Å². The van der Waals surface area contributed by atoms with Crippen LogP contribution in [0.2, 0.25) is 0 Å². The SMILES string of the molecule is C[C@@H]1C[C@H](c2nc3c(F)cccc3s2)CCN1C[C@H](O)COc1cccc2occc12.O=C(O)C(=O)O. The van der Waals surface area contributed by atoms with Crippen LogP contribution in [0.3, 0.4) is 0 Å². The zero-order chi connectivity index (χ0) is 26.5. The minimum Gasteiger partial charge on any atom is -0.490 e. The molecule has 0 radical (unpaired) electrons. The smallest absolute Gasteiger partial charge is 0.414 e. The molecular formula is C26H27FN2O7S. The fourth-order valence-corrected chi connectivity index (χ4v) is 5.55. The third kappa shape index (κ3) is 6.43. The summed E-state index contributed by atoms with van der Waals surface area (Å²) in [5.74, 6) is -2.85. The Morgan fingerprint density at radius 2 is 1.97 bits per heavy atom. The van der Waals surface area contributed by atoms with Crippen molar-refractivity contribution in [3.63, 3.8) is 0 Å². The van der Waals surface area contributed by atoms with E-state index in [0.717, 1.165) is 45.8 Å². The van der Waals surface area contributed by atoms with E-state index in [-0.39, 0.29) is 12.4 Å².